The molecule has 5 aliphatic rings. The zero-order valence-corrected chi connectivity index (χ0v) is 24.1. The predicted molar refractivity (Wildman–Crippen MR) is 136 cm³/mol. The van der Waals surface area contributed by atoms with Gasteiger partial charge >= 0.3 is 6.09 Å². The summed E-state index contributed by atoms with van der Waals surface area (Å²) >= 11 is 0. The number of carbonyl (C=O) groups is 2. The fourth-order valence-electron chi connectivity index (χ4n) is 7.41. The maximum Gasteiger partial charge on any atom is 0.413 e. The molecule has 0 unspecified atom stereocenters. The number of hydrogen-bond acceptors (Lipinski definition) is 8. The molecule has 2 amide bonds. The standard InChI is InChI=1S/C26H41N3O7S/c1-23(2,3)21-28(22(31)35-24(4,5)6)17(13-34-21)16-12-18(36-27-16)20(30)29-19-11-15-9-10-26(19,25(15,7)8)14-37(29,32)33/h15,17-19,21H,9-14H2,1-8H3/t15-,17+,18+,19+,21-,26-/m1/s1. The molecule has 3 heterocycles. The Bertz CT molecular complexity index is 1140. The van der Waals surface area contributed by atoms with Gasteiger partial charge in [-0.15, -0.1) is 0 Å². The minimum atomic E-state index is -3.76. The van der Waals surface area contributed by atoms with Crippen LogP contribution in [0.5, 0.6) is 0 Å². The number of ether oxygens (including phenoxy) is 2. The van der Waals surface area contributed by atoms with Gasteiger partial charge in [0.2, 0.25) is 16.1 Å². The van der Waals surface area contributed by atoms with Gasteiger partial charge in [-0.05, 0) is 51.4 Å². The van der Waals surface area contributed by atoms with E-state index in [1.807, 2.05) is 20.8 Å². The SMILES string of the molecule is CC(C)(C)OC(=O)N1[C@H](C2=NO[C@H](C(=O)N3[C@H]4C[C@H]5CC[C@]4(CS3(=O)=O)C5(C)C)C2)CO[C@@H]1C(C)(C)C. The largest absolute Gasteiger partial charge is 0.444 e. The number of carbonyl (C=O) groups excluding carboxylic acids is 2. The summed E-state index contributed by atoms with van der Waals surface area (Å²) < 4.78 is 39.5. The van der Waals surface area contributed by atoms with E-state index in [-0.39, 0.29) is 30.2 Å². The Labute approximate surface area is 220 Å². The van der Waals surface area contributed by atoms with Gasteiger partial charge in [0.25, 0.3) is 5.91 Å². The lowest BCUT2D eigenvalue weighted by atomic mass is 9.69. The number of oxime groups is 1. The van der Waals surface area contributed by atoms with Crippen molar-refractivity contribution in [2.45, 2.75) is 111 Å². The first-order chi connectivity index (χ1) is 16.9. The average molecular weight is 540 g/mol. The van der Waals surface area contributed by atoms with E-state index >= 15 is 0 Å². The maximum atomic E-state index is 13.7. The minimum Gasteiger partial charge on any atom is -0.444 e. The Hall–Kier alpha value is -1.88. The third kappa shape index (κ3) is 3.97. The van der Waals surface area contributed by atoms with Crippen LogP contribution in [-0.2, 0) is 29.1 Å². The van der Waals surface area contributed by atoms with Crippen molar-refractivity contribution in [3.05, 3.63) is 0 Å². The molecule has 4 fully saturated rings. The zero-order chi connectivity index (χ0) is 27.3. The van der Waals surface area contributed by atoms with Gasteiger partial charge in [0.15, 0.2) is 0 Å². The molecule has 0 aromatic carbocycles. The molecule has 0 N–H and O–H groups in total. The van der Waals surface area contributed by atoms with Crippen molar-refractivity contribution in [2.24, 2.45) is 27.3 Å². The summed E-state index contributed by atoms with van der Waals surface area (Å²) in [6.45, 7) is 15.8. The summed E-state index contributed by atoms with van der Waals surface area (Å²) in [6.07, 6.45) is 0.503. The Kier molecular flexibility index (Phi) is 5.82. The van der Waals surface area contributed by atoms with Crippen LogP contribution in [0.1, 0.15) is 81.1 Å². The molecular weight excluding hydrogens is 498 g/mol. The molecule has 11 heteroatoms. The first kappa shape index (κ1) is 26.7. The second-order valence-electron chi connectivity index (χ2n) is 14.1. The van der Waals surface area contributed by atoms with Gasteiger partial charge < -0.3 is 14.3 Å². The van der Waals surface area contributed by atoms with Gasteiger partial charge in [0, 0.05) is 17.3 Å². The van der Waals surface area contributed by atoms with Crippen molar-refractivity contribution in [3.63, 3.8) is 0 Å². The fraction of sp³-hybridized carbons (Fsp3) is 0.885. The summed E-state index contributed by atoms with van der Waals surface area (Å²) in [5.74, 6) is -0.137. The van der Waals surface area contributed by atoms with Crippen LogP contribution in [0.2, 0.25) is 0 Å². The number of hydrogen-bond donors (Lipinski definition) is 0. The summed E-state index contributed by atoms with van der Waals surface area (Å²) in [5, 5.41) is 4.19. The Morgan fingerprint density at radius 2 is 1.81 bits per heavy atom. The fourth-order valence-corrected chi connectivity index (χ4v) is 9.98. The number of rotatable bonds is 2. The first-order valence-electron chi connectivity index (χ1n) is 13.3. The average Bonchev–Trinajstić information content (AvgIpc) is 3.50. The van der Waals surface area contributed by atoms with Gasteiger partial charge in [-0.2, -0.15) is 0 Å². The highest BCUT2D eigenvalue weighted by molar-refractivity contribution is 7.90. The van der Waals surface area contributed by atoms with Crippen LogP contribution in [0.4, 0.5) is 4.79 Å². The molecule has 2 bridgehead atoms. The van der Waals surface area contributed by atoms with Crippen LogP contribution < -0.4 is 0 Å². The van der Waals surface area contributed by atoms with Crippen LogP contribution in [0, 0.1) is 22.2 Å². The van der Waals surface area contributed by atoms with Crippen molar-refractivity contribution in [1.29, 1.82) is 0 Å². The van der Waals surface area contributed by atoms with E-state index in [0.717, 1.165) is 17.1 Å². The predicted octanol–water partition coefficient (Wildman–Crippen LogP) is 3.51. The third-order valence-corrected chi connectivity index (χ3v) is 11.2. The van der Waals surface area contributed by atoms with E-state index in [1.165, 1.54) is 0 Å². The van der Waals surface area contributed by atoms with Crippen molar-refractivity contribution in [3.8, 4) is 0 Å². The van der Waals surface area contributed by atoms with Gasteiger partial charge in [-0.3, -0.25) is 9.69 Å². The van der Waals surface area contributed by atoms with Crippen LogP contribution >= 0.6 is 0 Å². The summed E-state index contributed by atoms with van der Waals surface area (Å²) in [5.41, 5.74) is -1.15. The lowest BCUT2D eigenvalue weighted by Gasteiger charge is -2.37. The van der Waals surface area contributed by atoms with Crippen molar-refractivity contribution >= 4 is 27.7 Å². The highest BCUT2D eigenvalue weighted by Crippen LogP contribution is 2.70. The third-order valence-electron chi connectivity index (χ3n) is 9.33. The molecule has 2 aliphatic carbocycles. The molecule has 1 spiro atoms. The van der Waals surface area contributed by atoms with Crippen molar-refractivity contribution in [1.82, 2.24) is 9.21 Å². The molecule has 6 atom stereocenters. The van der Waals surface area contributed by atoms with Gasteiger partial charge in [-0.25, -0.2) is 17.5 Å². The number of fused-ring (bicyclic) bond motifs is 1. The molecule has 0 aromatic rings. The molecular formula is C26H41N3O7S. The van der Waals surface area contributed by atoms with E-state index in [1.54, 1.807) is 25.7 Å². The molecule has 208 valence electrons. The molecule has 2 saturated heterocycles. The van der Waals surface area contributed by atoms with Crippen molar-refractivity contribution < 1.29 is 32.3 Å². The van der Waals surface area contributed by atoms with Crippen LogP contribution in [0.25, 0.3) is 0 Å². The van der Waals surface area contributed by atoms with Crippen LogP contribution in [-0.4, -0.2) is 77.7 Å². The molecule has 3 aliphatic heterocycles. The minimum absolute atomic E-state index is 0.0104. The topological polar surface area (TPSA) is 115 Å². The summed E-state index contributed by atoms with van der Waals surface area (Å²) in [6, 6.07) is -0.899. The quantitative estimate of drug-likeness (QED) is 0.527. The monoisotopic (exact) mass is 539 g/mol. The second kappa shape index (κ2) is 8.07. The number of amides is 2. The lowest BCUT2D eigenvalue weighted by molar-refractivity contribution is -0.139. The van der Waals surface area contributed by atoms with E-state index in [0.29, 0.717) is 18.1 Å². The summed E-state index contributed by atoms with van der Waals surface area (Å²) in [4.78, 5) is 34.0. The van der Waals surface area contributed by atoms with E-state index in [4.69, 9.17) is 14.3 Å². The van der Waals surface area contributed by atoms with E-state index in [9.17, 15) is 18.0 Å². The second-order valence-corrected chi connectivity index (χ2v) is 15.9. The molecule has 0 aromatic heterocycles. The first-order valence-corrected chi connectivity index (χ1v) is 14.9. The normalized spacial score (nSPS) is 37.9. The van der Waals surface area contributed by atoms with Crippen LogP contribution in [0.15, 0.2) is 5.16 Å². The van der Waals surface area contributed by atoms with Gasteiger partial charge in [0.05, 0.1) is 24.1 Å². The summed E-state index contributed by atoms with van der Waals surface area (Å²) in [7, 11) is -3.76. The lowest BCUT2D eigenvalue weighted by Crippen LogP contribution is -2.52. The van der Waals surface area contributed by atoms with E-state index < -0.39 is 56.8 Å². The molecule has 37 heavy (non-hydrogen) atoms. The Morgan fingerprint density at radius 1 is 1.14 bits per heavy atom. The highest BCUT2D eigenvalue weighted by atomic mass is 32.2. The Morgan fingerprint density at radius 3 is 2.41 bits per heavy atom. The number of sulfonamides is 1. The molecule has 2 saturated carbocycles. The van der Waals surface area contributed by atoms with Crippen molar-refractivity contribution in [2.75, 3.05) is 12.4 Å². The Balaban J connectivity index is 1.35. The smallest absolute Gasteiger partial charge is 0.413 e. The van der Waals surface area contributed by atoms with Gasteiger partial charge in [0.1, 0.15) is 17.9 Å². The zero-order valence-electron chi connectivity index (χ0n) is 23.2. The maximum absolute atomic E-state index is 13.7. The molecule has 5 rings (SSSR count). The molecule has 0 radical (unpaired) electrons. The number of nitrogens with zero attached hydrogens (tertiary/aromatic N) is 3. The highest BCUT2D eigenvalue weighted by Gasteiger charge is 2.72. The van der Waals surface area contributed by atoms with Crippen LogP contribution in [0.3, 0.4) is 0 Å². The van der Waals surface area contributed by atoms with Gasteiger partial charge in [-0.1, -0.05) is 39.8 Å². The molecule has 10 nitrogen and oxygen atoms in total. The van der Waals surface area contributed by atoms with E-state index in [2.05, 4.69) is 19.0 Å².